The quantitative estimate of drug-likeness (QED) is 0.147. The first-order chi connectivity index (χ1) is 15.9. The van der Waals surface area contributed by atoms with E-state index in [-0.39, 0.29) is 0 Å². The van der Waals surface area contributed by atoms with Gasteiger partial charge in [0.15, 0.2) is 0 Å². The molecule has 0 bridgehead atoms. The molecule has 0 spiro atoms. The van der Waals surface area contributed by atoms with E-state index in [2.05, 4.69) is 15.5 Å². The van der Waals surface area contributed by atoms with Crippen LogP contribution in [0.1, 0.15) is 161 Å². The van der Waals surface area contributed by atoms with Crippen molar-refractivity contribution >= 4 is 22.8 Å². The van der Waals surface area contributed by atoms with Gasteiger partial charge in [-0.3, -0.25) is 0 Å². The lowest BCUT2D eigenvalue weighted by atomic mass is 9.50. The summed E-state index contributed by atoms with van der Waals surface area (Å²) in [4.78, 5) is 0. The number of unbranched alkanes of at least 4 members (excludes halogenated alkanes) is 8. The molecule has 0 saturated heterocycles. The van der Waals surface area contributed by atoms with Gasteiger partial charge in [0.25, 0.3) is 0 Å². The van der Waals surface area contributed by atoms with Gasteiger partial charge < -0.3 is 0 Å². The summed E-state index contributed by atoms with van der Waals surface area (Å²) in [6, 6.07) is 0. The summed E-state index contributed by atoms with van der Waals surface area (Å²) in [5.41, 5.74) is 0.747. The molecule has 0 aromatic heterocycles. The average molecular weight is 528 g/mol. The summed E-state index contributed by atoms with van der Waals surface area (Å²) < 4.78 is 0. The van der Waals surface area contributed by atoms with Crippen molar-refractivity contribution in [2.75, 3.05) is 6.16 Å². The fourth-order valence-electron chi connectivity index (χ4n) is 8.39. The Morgan fingerprint density at radius 3 is 1.19 bits per heavy atom. The van der Waals surface area contributed by atoms with Gasteiger partial charge in [0, 0.05) is 0 Å². The van der Waals surface area contributed by atoms with E-state index < -0.39 is 0 Å². The van der Waals surface area contributed by atoms with Crippen LogP contribution in [0.15, 0.2) is 0 Å². The zero-order valence-electron chi connectivity index (χ0n) is 21.5. The van der Waals surface area contributed by atoms with Gasteiger partial charge in [0.2, 0.25) is 0 Å². The van der Waals surface area contributed by atoms with E-state index in [0.717, 1.165) is 30.5 Å². The normalized spacial score (nSPS) is 22.8. The first-order valence-electron chi connectivity index (χ1n) is 15.2. The van der Waals surface area contributed by atoms with Gasteiger partial charge in [-0.1, -0.05) is 132 Å². The maximum Gasteiger partial charge on any atom is -0.0213 e. The molecule has 1 unspecified atom stereocenters. The Bertz CT molecular complexity index is 400. The van der Waals surface area contributed by atoms with Crippen molar-refractivity contribution in [1.82, 2.24) is 0 Å². The predicted molar refractivity (Wildman–Crippen MR) is 150 cm³/mol. The van der Waals surface area contributed by atoms with Crippen LogP contribution >= 0.6 is 22.8 Å². The van der Waals surface area contributed by atoms with Crippen molar-refractivity contribution in [3.8, 4) is 0 Å². The molecule has 3 aliphatic rings. The Kier molecular flexibility index (Phi) is 14.2. The molecule has 0 aliphatic heterocycles. The average Bonchev–Trinajstić information content (AvgIpc) is 2.87. The molecule has 3 saturated carbocycles. The molecule has 0 heterocycles. The lowest BCUT2D eigenvalue weighted by molar-refractivity contribution is -0.0571. The van der Waals surface area contributed by atoms with Gasteiger partial charge in [0.05, 0.1) is 0 Å². The summed E-state index contributed by atoms with van der Waals surface area (Å²) in [6.07, 6.45) is 39.8. The standard InChI is InChI=1S/C30H56BrP/c31-32-26-18-7-5-3-1-2-4-6-17-25-30(27-19-11-8-12-20-27,28-21-13-9-14-22-28)29-23-15-10-16-24-29/h27-29,32H,1-26H2. The molecule has 0 aromatic rings. The van der Waals surface area contributed by atoms with Gasteiger partial charge in [-0.2, -0.15) is 0 Å². The summed E-state index contributed by atoms with van der Waals surface area (Å²) >= 11 is 3.58. The third-order valence-electron chi connectivity index (χ3n) is 9.98. The highest BCUT2D eigenvalue weighted by Crippen LogP contribution is 2.59. The van der Waals surface area contributed by atoms with Crippen molar-refractivity contribution < 1.29 is 0 Å². The van der Waals surface area contributed by atoms with Crippen LogP contribution in [0.25, 0.3) is 0 Å². The molecule has 0 amide bonds. The van der Waals surface area contributed by atoms with Crippen LogP contribution in [0, 0.1) is 23.2 Å². The largest absolute Gasteiger partial charge is 0.0642 e. The first-order valence-corrected chi connectivity index (χ1v) is 18.7. The van der Waals surface area contributed by atoms with E-state index in [0.29, 0.717) is 0 Å². The predicted octanol–water partition coefficient (Wildman–Crippen LogP) is 11.6. The highest BCUT2D eigenvalue weighted by Gasteiger charge is 2.49. The number of hydrogen-bond acceptors (Lipinski definition) is 0. The molecule has 2 heteroatoms. The molecular weight excluding hydrogens is 471 g/mol. The van der Waals surface area contributed by atoms with Crippen LogP contribution in [-0.4, -0.2) is 6.16 Å². The number of hydrogen-bond donors (Lipinski definition) is 0. The van der Waals surface area contributed by atoms with E-state index in [1.807, 2.05) is 0 Å². The van der Waals surface area contributed by atoms with Gasteiger partial charge in [-0.15, -0.1) is 0 Å². The third-order valence-corrected chi connectivity index (χ3v) is 11.7. The van der Waals surface area contributed by atoms with E-state index in [1.165, 1.54) is 76.8 Å². The van der Waals surface area contributed by atoms with Crippen molar-refractivity contribution in [2.45, 2.75) is 161 Å². The number of halogens is 1. The van der Waals surface area contributed by atoms with Gasteiger partial charge in [0.1, 0.15) is 0 Å². The SMILES string of the molecule is BrPCCCCCCCCCCCC(C1CCCCC1)(C1CCCCC1)C1CCCCC1. The van der Waals surface area contributed by atoms with Crippen molar-refractivity contribution in [2.24, 2.45) is 23.2 Å². The smallest absolute Gasteiger partial charge is 0.0213 e. The molecule has 0 N–H and O–H groups in total. The number of rotatable bonds is 15. The highest BCUT2D eigenvalue weighted by atomic mass is 79.9. The van der Waals surface area contributed by atoms with Crippen LogP contribution in [0.2, 0.25) is 0 Å². The summed E-state index contributed by atoms with van der Waals surface area (Å²) in [5.74, 6) is 3.26. The monoisotopic (exact) mass is 526 g/mol. The van der Waals surface area contributed by atoms with Crippen LogP contribution in [-0.2, 0) is 0 Å². The van der Waals surface area contributed by atoms with Crippen molar-refractivity contribution in [3.05, 3.63) is 0 Å². The molecule has 0 nitrogen and oxygen atoms in total. The Labute approximate surface area is 212 Å². The van der Waals surface area contributed by atoms with Crippen molar-refractivity contribution in [3.63, 3.8) is 0 Å². The summed E-state index contributed by atoms with van der Waals surface area (Å²) in [7, 11) is 0.981. The van der Waals surface area contributed by atoms with E-state index in [9.17, 15) is 0 Å². The van der Waals surface area contributed by atoms with Crippen molar-refractivity contribution in [1.29, 1.82) is 0 Å². The second kappa shape index (κ2) is 16.6. The molecule has 0 radical (unpaired) electrons. The summed E-state index contributed by atoms with van der Waals surface area (Å²) in [5, 5.41) is 0. The van der Waals surface area contributed by atoms with E-state index in [4.69, 9.17) is 0 Å². The topological polar surface area (TPSA) is 0 Å². The summed E-state index contributed by atoms with van der Waals surface area (Å²) in [6.45, 7) is 0. The zero-order valence-corrected chi connectivity index (χ0v) is 24.1. The molecule has 0 aromatic carbocycles. The lowest BCUT2D eigenvalue weighted by Crippen LogP contribution is -2.47. The minimum Gasteiger partial charge on any atom is -0.0642 e. The zero-order chi connectivity index (χ0) is 22.3. The molecule has 32 heavy (non-hydrogen) atoms. The van der Waals surface area contributed by atoms with E-state index >= 15 is 0 Å². The fraction of sp³-hybridized carbons (Fsp3) is 1.00. The Hall–Kier alpha value is 0.910. The van der Waals surface area contributed by atoms with Crippen LogP contribution in [0.3, 0.4) is 0 Å². The molecule has 3 rings (SSSR count). The molecule has 3 fully saturated rings. The molecule has 188 valence electrons. The van der Waals surface area contributed by atoms with Crippen LogP contribution in [0.5, 0.6) is 0 Å². The Morgan fingerprint density at radius 2 is 0.812 bits per heavy atom. The lowest BCUT2D eigenvalue weighted by Gasteiger charge is -2.55. The highest BCUT2D eigenvalue weighted by molar-refractivity contribution is 9.36. The molecular formula is C30H56BrP. The van der Waals surface area contributed by atoms with Gasteiger partial charge in [-0.05, 0) is 80.7 Å². The fourth-order valence-corrected chi connectivity index (χ4v) is 9.62. The second-order valence-electron chi connectivity index (χ2n) is 11.9. The minimum atomic E-state index is 0.747. The van der Waals surface area contributed by atoms with E-state index in [1.54, 1.807) is 89.9 Å². The van der Waals surface area contributed by atoms with Crippen LogP contribution < -0.4 is 0 Å². The Morgan fingerprint density at radius 1 is 0.469 bits per heavy atom. The maximum absolute atomic E-state index is 3.58. The van der Waals surface area contributed by atoms with Gasteiger partial charge >= 0.3 is 0 Å². The first kappa shape index (κ1) is 27.5. The molecule has 3 aliphatic carbocycles. The second-order valence-corrected chi connectivity index (χ2v) is 14.4. The third kappa shape index (κ3) is 8.54. The Balaban J connectivity index is 1.51. The molecule has 1 atom stereocenters. The van der Waals surface area contributed by atoms with Gasteiger partial charge in [-0.25, -0.2) is 0 Å². The van der Waals surface area contributed by atoms with Crippen LogP contribution in [0.4, 0.5) is 0 Å². The maximum atomic E-state index is 3.58. The minimum absolute atomic E-state index is 0.747.